The van der Waals surface area contributed by atoms with E-state index >= 15 is 0 Å². The number of rotatable bonds is 6. The van der Waals surface area contributed by atoms with Gasteiger partial charge >= 0.3 is 5.97 Å². The predicted molar refractivity (Wildman–Crippen MR) is 86.1 cm³/mol. The first-order valence-corrected chi connectivity index (χ1v) is 8.54. The van der Waals surface area contributed by atoms with E-state index in [4.69, 9.17) is 0 Å². The van der Waals surface area contributed by atoms with Gasteiger partial charge in [-0.2, -0.15) is 0 Å². The van der Waals surface area contributed by atoms with Crippen LogP contribution in [0.3, 0.4) is 0 Å². The third-order valence-electron chi connectivity index (χ3n) is 3.67. The van der Waals surface area contributed by atoms with Crippen LogP contribution >= 0.6 is 11.3 Å². The maximum atomic E-state index is 12.4. The van der Waals surface area contributed by atoms with Gasteiger partial charge in [0.05, 0.1) is 19.2 Å². The van der Waals surface area contributed by atoms with Gasteiger partial charge in [-0.3, -0.25) is 14.4 Å². The van der Waals surface area contributed by atoms with E-state index in [1.54, 1.807) is 10.3 Å². The average Bonchev–Trinajstić information content (AvgIpc) is 3.16. The second-order valence-corrected chi connectivity index (χ2v) is 6.24. The lowest BCUT2D eigenvalue weighted by atomic mass is 10.2. The van der Waals surface area contributed by atoms with Crippen molar-refractivity contribution in [3.8, 4) is 0 Å². The second kappa shape index (κ2) is 8.05. The fourth-order valence-corrected chi connectivity index (χ4v) is 3.26. The molecule has 1 atom stereocenters. The largest absolute Gasteiger partial charge is 0.469 e. The molecule has 1 aliphatic heterocycles. The first-order valence-electron chi connectivity index (χ1n) is 7.66. The average molecular weight is 339 g/mol. The number of carbonyl (C=O) groups is 3. The molecule has 0 radical (unpaired) electrons. The van der Waals surface area contributed by atoms with Gasteiger partial charge < -0.3 is 15.0 Å². The molecule has 1 N–H and O–H groups in total. The van der Waals surface area contributed by atoms with Crippen LogP contribution in [0.4, 0.5) is 5.13 Å². The molecule has 2 rings (SSSR count). The van der Waals surface area contributed by atoms with Gasteiger partial charge in [0.15, 0.2) is 5.13 Å². The molecule has 0 aliphatic carbocycles. The predicted octanol–water partition coefficient (Wildman–Crippen LogP) is 1.59. The molecule has 1 aromatic heterocycles. The van der Waals surface area contributed by atoms with E-state index in [9.17, 15) is 14.4 Å². The highest BCUT2D eigenvalue weighted by Crippen LogP contribution is 2.22. The highest BCUT2D eigenvalue weighted by molar-refractivity contribution is 7.13. The molecule has 2 heterocycles. The van der Waals surface area contributed by atoms with Gasteiger partial charge in [-0.05, 0) is 19.3 Å². The van der Waals surface area contributed by atoms with Crippen LogP contribution in [-0.4, -0.2) is 47.4 Å². The molecular weight excluding hydrogens is 318 g/mol. The number of ether oxygens (including phenoxy) is 1. The molecule has 8 heteroatoms. The zero-order valence-corrected chi connectivity index (χ0v) is 14.1. The highest BCUT2D eigenvalue weighted by atomic mass is 32.1. The van der Waals surface area contributed by atoms with E-state index in [-0.39, 0.29) is 24.2 Å². The number of methoxy groups -OCH3 is 1. The Kier molecular flexibility index (Phi) is 6.09. The lowest BCUT2D eigenvalue weighted by Gasteiger charge is -2.23. The van der Waals surface area contributed by atoms with E-state index < -0.39 is 6.04 Å². The monoisotopic (exact) mass is 339 g/mol. The minimum Gasteiger partial charge on any atom is -0.469 e. The summed E-state index contributed by atoms with van der Waals surface area (Å²) in [6.45, 7) is 2.57. The van der Waals surface area contributed by atoms with Crippen LogP contribution in [0, 0.1) is 0 Å². The van der Waals surface area contributed by atoms with Crippen LogP contribution in [-0.2, 0) is 25.5 Å². The summed E-state index contributed by atoms with van der Waals surface area (Å²) in [5.74, 6) is -0.568. The third-order valence-corrected chi connectivity index (χ3v) is 4.48. The van der Waals surface area contributed by atoms with Gasteiger partial charge in [-0.15, -0.1) is 11.3 Å². The molecule has 23 heavy (non-hydrogen) atoms. The van der Waals surface area contributed by atoms with Crippen molar-refractivity contribution in [3.63, 3.8) is 0 Å². The topological polar surface area (TPSA) is 88.6 Å². The van der Waals surface area contributed by atoms with Gasteiger partial charge in [-0.25, -0.2) is 4.98 Å². The maximum absolute atomic E-state index is 12.4. The highest BCUT2D eigenvalue weighted by Gasteiger charge is 2.33. The van der Waals surface area contributed by atoms with E-state index in [1.807, 2.05) is 6.92 Å². The molecule has 0 saturated carbocycles. The number of nitrogens with zero attached hydrogens (tertiary/aromatic N) is 2. The van der Waals surface area contributed by atoms with Crippen molar-refractivity contribution in [1.82, 2.24) is 9.88 Å². The molecule has 2 amide bonds. The number of thiazole rings is 1. The first-order chi connectivity index (χ1) is 11.0. The molecule has 0 bridgehead atoms. The number of aromatic nitrogens is 1. The number of carbonyl (C=O) groups excluding carboxylic acids is 3. The van der Waals surface area contributed by atoms with Gasteiger partial charge in [0, 0.05) is 18.3 Å². The number of hydrogen-bond acceptors (Lipinski definition) is 6. The summed E-state index contributed by atoms with van der Waals surface area (Å²) in [6, 6.07) is -0.429. The zero-order valence-electron chi connectivity index (χ0n) is 13.3. The Morgan fingerprint density at radius 3 is 2.96 bits per heavy atom. The Labute approximate surface area is 139 Å². The van der Waals surface area contributed by atoms with Crippen LogP contribution in [0.25, 0.3) is 0 Å². The van der Waals surface area contributed by atoms with Crippen LogP contribution in [0.5, 0.6) is 0 Å². The minimum atomic E-state index is -0.429. The van der Waals surface area contributed by atoms with Crippen molar-refractivity contribution in [2.24, 2.45) is 0 Å². The summed E-state index contributed by atoms with van der Waals surface area (Å²) in [6.07, 6.45) is 2.81. The van der Waals surface area contributed by atoms with Crippen molar-refractivity contribution in [3.05, 3.63) is 11.1 Å². The summed E-state index contributed by atoms with van der Waals surface area (Å²) >= 11 is 1.25. The normalized spacial score (nSPS) is 17.1. The van der Waals surface area contributed by atoms with Gasteiger partial charge in [0.1, 0.15) is 6.04 Å². The summed E-state index contributed by atoms with van der Waals surface area (Å²) in [5.41, 5.74) is 0.558. The van der Waals surface area contributed by atoms with E-state index in [1.165, 1.54) is 18.4 Å². The van der Waals surface area contributed by atoms with Crippen LogP contribution < -0.4 is 5.32 Å². The van der Waals surface area contributed by atoms with Crippen molar-refractivity contribution < 1.29 is 19.1 Å². The number of esters is 1. The smallest absolute Gasteiger partial charge is 0.311 e. The first kappa shape index (κ1) is 17.4. The molecule has 0 aromatic carbocycles. The lowest BCUT2D eigenvalue weighted by molar-refractivity contribution is -0.139. The number of nitrogens with one attached hydrogen (secondary N) is 1. The van der Waals surface area contributed by atoms with E-state index in [0.29, 0.717) is 30.2 Å². The van der Waals surface area contributed by atoms with E-state index in [0.717, 1.165) is 12.8 Å². The van der Waals surface area contributed by atoms with Crippen LogP contribution in [0.15, 0.2) is 5.38 Å². The Bertz CT molecular complexity index is 587. The number of likely N-dealkylation sites (tertiary alicyclic amines) is 1. The molecule has 126 valence electrons. The molecule has 0 spiro atoms. The summed E-state index contributed by atoms with van der Waals surface area (Å²) in [7, 11) is 1.32. The van der Waals surface area contributed by atoms with Crippen molar-refractivity contribution >= 4 is 34.3 Å². The Hall–Kier alpha value is -1.96. The standard InChI is InChI=1S/C15H21N3O4S/c1-3-5-12(19)18-7-4-6-11(18)14(21)17-15-16-10(9-23-15)8-13(20)22-2/h9,11H,3-8H2,1-2H3,(H,16,17,21)/t11-/m0/s1. The van der Waals surface area contributed by atoms with Crippen molar-refractivity contribution in [2.45, 2.75) is 45.1 Å². The fourth-order valence-electron chi connectivity index (χ4n) is 2.55. The van der Waals surface area contributed by atoms with Gasteiger partial charge in [0.2, 0.25) is 11.8 Å². The number of hydrogen-bond donors (Lipinski definition) is 1. The molecule has 7 nitrogen and oxygen atoms in total. The van der Waals surface area contributed by atoms with Gasteiger partial charge in [-0.1, -0.05) is 6.92 Å². The third kappa shape index (κ3) is 4.51. The molecule has 1 aliphatic rings. The summed E-state index contributed by atoms with van der Waals surface area (Å²) < 4.78 is 4.58. The van der Waals surface area contributed by atoms with E-state index in [2.05, 4.69) is 15.0 Å². The zero-order chi connectivity index (χ0) is 16.8. The summed E-state index contributed by atoms with van der Waals surface area (Å²) in [5, 5.41) is 4.89. The summed E-state index contributed by atoms with van der Waals surface area (Å²) in [4.78, 5) is 41.5. The second-order valence-electron chi connectivity index (χ2n) is 5.38. The number of amides is 2. The Morgan fingerprint density at radius 2 is 2.26 bits per heavy atom. The minimum absolute atomic E-state index is 0.0238. The molecule has 1 fully saturated rings. The van der Waals surface area contributed by atoms with Crippen molar-refractivity contribution in [1.29, 1.82) is 0 Å². The Morgan fingerprint density at radius 1 is 1.48 bits per heavy atom. The van der Waals surface area contributed by atoms with Crippen molar-refractivity contribution in [2.75, 3.05) is 19.0 Å². The molecule has 1 aromatic rings. The van der Waals surface area contributed by atoms with Crippen LogP contribution in [0.1, 0.15) is 38.3 Å². The van der Waals surface area contributed by atoms with Gasteiger partial charge in [0.25, 0.3) is 0 Å². The Balaban J connectivity index is 1.95. The van der Waals surface area contributed by atoms with Crippen LogP contribution in [0.2, 0.25) is 0 Å². The quantitative estimate of drug-likeness (QED) is 0.795. The fraction of sp³-hybridized carbons (Fsp3) is 0.600. The SMILES string of the molecule is CCCC(=O)N1CCC[C@H]1C(=O)Nc1nc(CC(=O)OC)cs1. The lowest BCUT2D eigenvalue weighted by Crippen LogP contribution is -2.43. The molecule has 1 saturated heterocycles. The number of anilines is 1. The molecule has 0 unspecified atom stereocenters. The maximum Gasteiger partial charge on any atom is 0.311 e. The molecular formula is C15H21N3O4S.